The largest absolute Gasteiger partial charge is 0.462 e. The fourth-order valence-corrected chi connectivity index (χ4v) is 7.24. The first kappa shape index (κ1) is 33.7. The van der Waals surface area contributed by atoms with Crippen molar-refractivity contribution in [1.82, 2.24) is 5.32 Å². The lowest BCUT2D eigenvalue weighted by atomic mass is 10.1. The molecule has 47 heavy (non-hydrogen) atoms. The zero-order valence-corrected chi connectivity index (χ0v) is 28.0. The molecule has 0 aliphatic heterocycles. The van der Waals surface area contributed by atoms with E-state index in [1.807, 2.05) is 43.3 Å². The number of esters is 1. The minimum absolute atomic E-state index is 0.0897. The van der Waals surface area contributed by atoms with Crippen molar-refractivity contribution in [3.05, 3.63) is 117 Å². The van der Waals surface area contributed by atoms with E-state index >= 15 is 0 Å². The number of hydrogen-bond donors (Lipinski definition) is 3. The van der Waals surface area contributed by atoms with E-state index in [2.05, 4.69) is 16.0 Å². The average Bonchev–Trinajstić information content (AvgIpc) is 3.24. The number of carbonyl (C=O) groups is 4. The highest BCUT2D eigenvalue weighted by Gasteiger charge is 2.26. The van der Waals surface area contributed by atoms with Gasteiger partial charge in [-0.1, -0.05) is 60.5 Å². The molecule has 5 rings (SSSR count). The van der Waals surface area contributed by atoms with E-state index < -0.39 is 17.8 Å². The number of hydrogen-bond acceptors (Lipinski definition) is 7. The van der Waals surface area contributed by atoms with Crippen molar-refractivity contribution < 1.29 is 23.9 Å². The predicted octanol–water partition coefficient (Wildman–Crippen LogP) is 7.64. The van der Waals surface area contributed by atoms with Crippen LogP contribution in [-0.4, -0.2) is 36.1 Å². The second-order valence-corrected chi connectivity index (χ2v) is 13.3. The van der Waals surface area contributed by atoms with Gasteiger partial charge in [0, 0.05) is 21.0 Å². The van der Waals surface area contributed by atoms with Crippen LogP contribution in [0.25, 0.3) is 6.08 Å². The number of amides is 3. The van der Waals surface area contributed by atoms with Gasteiger partial charge < -0.3 is 20.7 Å². The van der Waals surface area contributed by atoms with Crippen molar-refractivity contribution in [3.8, 4) is 0 Å². The van der Waals surface area contributed by atoms with Gasteiger partial charge in [0.05, 0.1) is 17.9 Å². The van der Waals surface area contributed by atoms with Gasteiger partial charge in [-0.3, -0.25) is 14.4 Å². The Kier molecular flexibility index (Phi) is 11.6. The monoisotopic (exact) mass is 667 g/mol. The first-order valence-corrected chi connectivity index (χ1v) is 17.4. The second kappa shape index (κ2) is 16.2. The van der Waals surface area contributed by atoms with Crippen LogP contribution in [0.4, 0.5) is 10.7 Å². The number of fused-ring (bicyclic) bond motifs is 1. The second-order valence-electron chi connectivity index (χ2n) is 11.1. The van der Waals surface area contributed by atoms with Gasteiger partial charge in [-0.25, -0.2) is 4.79 Å². The lowest BCUT2D eigenvalue weighted by Gasteiger charge is -2.12. The Morgan fingerprint density at radius 2 is 1.66 bits per heavy atom. The van der Waals surface area contributed by atoms with E-state index in [9.17, 15) is 19.2 Å². The van der Waals surface area contributed by atoms with Gasteiger partial charge >= 0.3 is 5.97 Å². The minimum Gasteiger partial charge on any atom is -0.462 e. The number of ether oxygens (including phenoxy) is 1. The maximum absolute atomic E-state index is 13.5. The van der Waals surface area contributed by atoms with Gasteiger partial charge in [0.2, 0.25) is 5.91 Å². The molecule has 0 fully saturated rings. The Hall–Kier alpha value is -4.67. The van der Waals surface area contributed by atoms with Gasteiger partial charge in [0.15, 0.2) is 0 Å². The average molecular weight is 668 g/mol. The summed E-state index contributed by atoms with van der Waals surface area (Å²) in [6, 6.07) is 23.5. The third kappa shape index (κ3) is 9.21. The van der Waals surface area contributed by atoms with Crippen LogP contribution in [0.1, 0.15) is 68.5 Å². The maximum Gasteiger partial charge on any atom is 0.341 e. The van der Waals surface area contributed by atoms with Crippen LogP contribution in [-0.2, 0) is 27.2 Å². The molecule has 3 aromatic carbocycles. The molecule has 0 spiro atoms. The predicted molar refractivity (Wildman–Crippen MR) is 189 cm³/mol. The number of thioether (sulfide) groups is 1. The number of anilines is 2. The molecule has 0 saturated carbocycles. The summed E-state index contributed by atoms with van der Waals surface area (Å²) < 4.78 is 5.34. The Bertz CT molecular complexity index is 1780. The maximum atomic E-state index is 13.5. The summed E-state index contributed by atoms with van der Waals surface area (Å²) in [5.74, 6) is -1.41. The summed E-state index contributed by atoms with van der Waals surface area (Å²) in [5.41, 5.74) is 4.37. The lowest BCUT2D eigenvalue weighted by molar-refractivity contribution is -0.114. The first-order chi connectivity index (χ1) is 22.8. The van der Waals surface area contributed by atoms with Crippen LogP contribution < -0.4 is 16.0 Å². The number of rotatable bonds is 11. The molecule has 242 valence electrons. The molecule has 8 nitrogen and oxygen atoms in total. The number of nitrogens with one attached hydrogen (secondary N) is 3. The van der Waals surface area contributed by atoms with Crippen LogP contribution in [0.3, 0.4) is 0 Å². The molecule has 3 amide bonds. The smallest absolute Gasteiger partial charge is 0.341 e. The van der Waals surface area contributed by atoms with Gasteiger partial charge in [0.25, 0.3) is 11.8 Å². The standard InChI is InChI=1S/C37H37N3O5S2/c1-3-45-37(44)33-29-15-8-5-9-16-31(29)47-36(33)40-32(41)23-46-28-14-10-13-27(22-28)38-35(43)30(21-25-19-17-24(2)18-20-25)39-34(42)26-11-6-4-7-12-26/h4,6-7,10-14,17-22H,3,5,8-9,15-16,23H2,1-2H3,(H,38,43)(H,39,42)(H,40,41)/b30-21+. The van der Waals surface area contributed by atoms with E-state index in [-0.39, 0.29) is 24.0 Å². The van der Waals surface area contributed by atoms with Crippen molar-refractivity contribution in [3.63, 3.8) is 0 Å². The highest BCUT2D eigenvalue weighted by molar-refractivity contribution is 8.00. The molecule has 0 bridgehead atoms. The molecular weight excluding hydrogens is 631 g/mol. The van der Waals surface area contributed by atoms with Crippen LogP contribution in [0, 0.1) is 6.92 Å². The molecule has 1 aromatic heterocycles. The SMILES string of the molecule is CCOC(=O)c1c(NC(=O)CSc2cccc(NC(=O)/C(=C\c3ccc(C)cc3)NC(=O)c3ccccc3)c2)sc2c1CCCCC2. The van der Waals surface area contributed by atoms with Gasteiger partial charge in [-0.2, -0.15) is 0 Å². The summed E-state index contributed by atoms with van der Waals surface area (Å²) in [6.07, 6.45) is 6.53. The number of thiophene rings is 1. The van der Waals surface area contributed by atoms with Crippen molar-refractivity contribution in [2.24, 2.45) is 0 Å². The van der Waals surface area contributed by atoms with Crippen molar-refractivity contribution in [1.29, 1.82) is 0 Å². The topological polar surface area (TPSA) is 114 Å². The van der Waals surface area contributed by atoms with Crippen LogP contribution in [0.2, 0.25) is 0 Å². The van der Waals surface area contributed by atoms with Crippen molar-refractivity contribution >= 4 is 63.6 Å². The van der Waals surface area contributed by atoms with Gasteiger partial charge in [-0.05, 0) is 87.1 Å². The number of carbonyl (C=O) groups excluding carboxylic acids is 4. The highest BCUT2D eigenvalue weighted by atomic mass is 32.2. The molecule has 1 heterocycles. The minimum atomic E-state index is -0.487. The third-order valence-electron chi connectivity index (χ3n) is 7.53. The molecule has 1 aliphatic rings. The van der Waals surface area contributed by atoms with E-state index in [0.717, 1.165) is 58.6 Å². The Morgan fingerprint density at radius 3 is 2.43 bits per heavy atom. The molecule has 0 saturated heterocycles. The van der Waals surface area contributed by atoms with Gasteiger partial charge in [-0.15, -0.1) is 23.1 Å². The summed E-state index contributed by atoms with van der Waals surface area (Å²) in [6.45, 7) is 4.02. The van der Waals surface area contributed by atoms with E-state index in [1.54, 1.807) is 55.5 Å². The first-order valence-electron chi connectivity index (χ1n) is 15.6. The van der Waals surface area contributed by atoms with Gasteiger partial charge in [0.1, 0.15) is 10.7 Å². The highest BCUT2D eigenvalue weighted by Crippen LogP contribution is 2.38. The van der Waals surface area contributed by atoms with Crippen LogP contribution >= 0.6 is 23.1 Å². The zero-order valence-electron chi connectivity index (χ0n) is 26.4. The summed E-state index contributed by atoms with van der Waals surface area (Å²) in [7, 11) is 0. The summed E-state index contributed by atoms with van der Waals surface area (Å²) in [4.78, 5) is 54.3. The van der Waals surface area contributed by atoms with E-state index in [1.165, 1.54) is 23.1 Å². The molecule has 10 heteroatoms. The Labute approximate surface area is 283 Å². The molecule has 0 unspecified atom stereocenters. The molecule has 0 atom stereocenters. The third-order valence-corrected chi connectivity index (χ3v) is 9.73. The van der Waals surface area contributed by atoms with Crippen molar-refractivity contribution in [2.45, 2.75) is 50.8 Å². The van der Waals surface area contributed by atoms with Crippen LogP contribution in [0.5, 0.6) is 0 Å². The molecular formula is C37H37N3O5S2. The van der Waals surface area contributed by atoms with Crippen LogP contribution in [0.15, 0.2) is 89.5 Å². The molecule has 3 N–H and O–H groups in total. The van der Waals surface area contributed by atoms with Crippen molar-refractivity contribution in [2.75, 3.05) is 23.0 Å². The number of aryl methyl sites for hydroxylation is 2. The fraction of sp³-hybridized carbons (Fsp3) is 0.243. The Balaban J connectivity index is 1.26. The summed E-state index contributed by atoms with van der Waals surface area (Å²) in [5, 5.41) is 9.14. The quantitative estimate of drug-likeness (QED) is 0.0656. The Morgan fingerprint density at radius 1 is 0.894 bits per heavy atom. The molecule has 1 aliphatic carbocycles. The number of benzene rings is 3. The normalized spacial score (nSPS) is 12.8. The molecule has 0 radical (unpaired) electrons. The molecule has 4 aromatic rings. The summed E-state index contributed by atoms with van der Waals surface area (Å²) >= 11 is 2.78. The fourth-order valence-electron chi connectivity index (χ4n) is 5.20. The zero-order chi connectivity index (χ0) is 33.2. The lowest BCUT2D eigenvalue weighted by Crippen LogP contribution is -2.30. The van der Waals surface area contributed by atoms with E-state index in [0.29, 0.717) is 21.8 Å². The van der Waals surface area contributed by atoms with E-state index in [4.69, 9.17) is 4.74 Å².